The van der Waals surface area contributed by atoms with Crippen LogP contribution in [-0.2, 0) is 13.2 Å². The number of amides is 1. The van der Waals surface area contributed by atoms with Crippen molar-refractivity contribution in [1.29, 1.82) is 0 Å². The molecule has 0 aliphatic carbocycles. The van der Waals surface area contributed by atoms with Crippen LogP contribution in [0.3, 0.4) is 0 Å². The van der Waals surface area contributed by atoms with Gasteiger partial charge in [-0.15, -0.1) is 0 Å². The smallest absolute Gasteiger partial charge is 0.387 e. The number of alkyl halides is 2. The molecular formula is C26H24F3N5O5. The molecule has 0 spiro atoms. The van der Waals surface area contributed by atoms with Crippen molar-refractivity contribution in [1.82, 2.24) is 24.2 Å². The minimum absolute atomic E-state index is 0.0488. The topological polar surface area (TPSA) is 123 Å². The zero-order valence-corrected chi connectivity index (χ0v) is 20.5. The molecule has 1 aliphatic rings. The van der Waals surface area contributed by atoms with Gasteiger partial charge in [0.1, 0.15) is 23.3 Å². The number of halogens is 3. The summed E-state index contributed by atoms with van der Waals surface area (Å²) < 4.78 is 45.4. The van der Waals surface area contributed by atoms with Crippen LogP contribution in [0.5, 0.6) is 5.75 Å². The number of aliphatic hydroxyl groups is 2. The lowest BCUT2D eigenvalue weighted by atomic mass is 9.91. The summed E-state index contributed by atoms with van der Waals surface area (Å²) in [5, 5.41) is 24.9. The van der Waals surface area contributed by atoms with Crippen molar-refractivity contribution in [3.05, 3.63) is 82.3 Å². The molecule has 13 heteroatoms. The van der Waals surface area contributed by atoms with Crippen LogP contribution >= 0.6 is 0 Å². The highest BCUT2D eigenvalue weighted by Crippen LogP contribution is 2.26. The number of hydrogen-bond acceptors (Lipinski definition) is 7. The van der Waals surface area contributed by atoms with Crippen LogP contribution in [0.4, 0.5) is 13.2 Å². The maximum absolute atomic E-state index is 13.8. The van der Waals surface area contributed by atoms with Crippen molar-refractivity contribution in [2.24, 2.45) is 0 Å². The number of likely N-dealkylation sites (tertiary alicyclic amines) is 1. The number of aromatic nitrogens is 4. The highest BCUT2D eigenvalue weighted by atomic mass is 19.3. The monoisotopic (exact) mass is 543 g/mol. The molecule has 0 bridgehead atoms. The third-order valence-electron chi connectivity index (χ3n) is 6.77. The molecule has 0 unspecified atom stereocenters. The minimum Gasteiger partial charge on any atom is -0.435 e. The van der Waals surface area contributed by atoms with Crippen molar-refractivity contribution >= 4 is 16.9 Å². The molecule has 204 valence electrons. The SMILES string of the molecule is O=C(c1ccc(OC(F)F)cc1)N1CCC(O)(Cn2cnc3c(cnn3-c3ccc(F)c(CO)c3)c2=O)CC1. The number of aliphatic hydroxyl groups excluding tert-OH is 1. The molecule has 5 rings (SSSR count). The van der Waals surface area contributed by atoms with E-state index in [9.17, 15) is 33.0 Å². The van der Waals surface area contributed by atoms with Gasteiger partial charge in [0, 0.05) is 24.2 Å². The molecule has 1 fully saturated rings. The van der Waals surface area contributed by atoms with Gasteiger partial charge in [-0.05, 0) is 55.3 Å². The average molecular weight is 544 g/mol. The van der Waals surface area contributed by atoms with Gasteiger partial charge in [-0.2, -0.15) is 13.9 Å². The van der Waals surface area contributed by atoms with Crippen molar-refractivity contribution in [2.45, 2.75) is 38.2 Å². The van der Waals surface area contributed by atoms with E-state index in [2.05, 4.69) is 14.8 Å². The normalized spacial score (nSPS) is 15.2. The van der Waals surface area contributed by atoms with Gasteiger partial charge < -0.3 is 19.8 Å². The Morgan fingerprint density at radius 3 is 2.51 bits per heavy atom. The predicted octanol–water partition coefficient (Wildman–Crippen LogP) is 2.48. The molecule has 3 heterocycles. The first-order valence-electron chi connectivity index (χ1n) is 12.1. The fraction of sp³-hybridized carbons (Fsp3) is 0.308. The summed E-state index contributed by atoms with van der Waals surface area (Å²) in [5.74, 6) is -0.923. The Morgan fingerprint density at radius 2 is 1.85 bits per heavy atom. The molecule has 10 nitrogen and oxygen atoms in total. The Labute approximate surface area is 219 Å². The van der Waals surface area contributed by atoms with Gasteiger partial charge in [0.2, 0.25) is 0 Å². The lowest BCUT2D eigenvalue weighted by Gasteiger charge is -2.38. The Kier molecular flexibility index (Phi) is 7.10. The van der Waals surface area contributed by atoms with Crippen LogP contribution in [0.2, 0.25) is 0 Å². The lowest BCUT2D eigenvalue weighted by Crippen LogP contribution is -2.49. The number of hydrogen-bond donors (Lipinski definition) is 2. The Hall–Kier alpha value is -4.23. The van der Waals surface area contributed by atoms with E-state index in [4.69, 9.17) is 0 Å². The van der Waals surface area contributed by atoms with Crippen molar-refractivity contribution < 1.29 is 32.9 Å². The largest absolute Gasteiger partial charge is 0.435 e. The highest BCUT2D eigenvalue weighted by molar-refractivity contribution is 5.94. The fourth-order valence-electron chi connectivity index (χ4n) is 4.63. The predicted molar refractivity (Wildman–Crippen MR) is 132 cm³/mol. The van der Waals surface area contributed by atoms with E-state index in [1.54, 1.807) is 4.90 Å². The van der Waals surface area contributed by atoms with Crippen molar-refractivity contribution in [3.8, 4) is 11.4 Å². The molecule has 0 atom stereocenters. The summed E-state index contributed by atoms with van der Waals surface area (Å²) >= 11 is 0. The van der Waals surface area contributed by atoms with E-state index in [0.717, 1.165) is 0 Å². The summed E-state index contributed by atoms with van der Waals surface area (Å²) in [4.78, 5) is 31.9. The van der Waals surface area contributed by atoms with E-state index >= 15 is 0 Å². The standard InChI is InChI=1S/C26H24F3N5O5/c27-21-6-3-18(11-17(21)13-35)34-22-20(12-31-34)24(37)33(15-30-22)14-26(38)7-9-32(10-8-26)23(36)16-1-4-19(5-2-16)39-25(28)29/h1-6,11-12,15,25,35,38H,7-10,13-14H2. The quantitative estimate of drug-likeness (QED) is 0.367. The number of carbonyl (C=O) groups is 1. The van der Waals surface area contributed by atoms with Crippen molar-refractivity contribution in [2.75, 3.05) is 13.1 Å². The summed E-state index contributed by atoms with van der Waals surface area (Å²) in [7, 11) is 0. The van der Waals surface area contributed by atoms with Crippen molar-refractivity contribution in [3.63, 3.8) is 0 Å². The van der Waals surface area contributed by atoms with Gasteiger partial charge in [-0.3, -0.25) is 14.2 Å². The number of rotatable bonds is 7. The molecule has 1 saturated heterocycles. The number of carbonyl (C=O) groups excluding carboxylic acids is 1. The van der Waals surface area contributed by atoms with Crippen LogP contribution in [0.1, 0.15) is 28.8 Å². The average Bonchev–Trinajstić information content (AvgIpc) is 3.36. The Balaban J connectivity index is 1.28. The number of nitrogens with zero attached hydrogens (tertiary/aromatic N) is 5. The van der Waals surface area contributed by atoms with Crippen LogP contribution in [0.15, 0.2) is 59.8 Å². The number of piperidine rings is 1. The van der Waals surface area contributed by atoms with Crippen LogP contribution in [0, 0.1) is 5.82 Å². The first-order valence-corrected chi connectivity index (χ1v) is 12.1. The minimum atomic E-state index is -2.96. The van der Waals surface area contributed by atoms with Crippen LogP contribution in [0.25, 0.3) is 16.7 Å². The van der Waals surface area contributed by atoms with Gasteiger partial charge in [0.05, 0.1) is 30.6 Å². The Bertz CT molecular complexity index is 1560. The summed E-state index contributed by atoms with van der Waals surface area (Å²) in [6.07, 6.45) is 3.05. The summed E-state index contributed by atoms with van der Waals surface area (Å²) in [6, 6.07) is 9.45. The van der Waals surface area contributed by atoms with Gasteiger partial charge in [0.15, 0.2) is 5.65 Å². The molecule has 2 aromatic carbocycles. The number of ether oxygens (including phenoxy) is 1. The maximum Gasteiger partial charge on any atom is 0.387 e. The van der Waals surface area contributed by atoms with E-state index < -0.39 is 30.2 Å². The lowest BCUT2D eigenvalue weighted by molar-refractivity contribution is -0.0498. The van der Waals surface area contributed by atoms with E-state index in [-0.39, 0.29) is 60.7 Å². The molecule has 1 aliphatic heterocycles. The second kappa shape index (κ2) is 10.5. The second-order valence-electron chi connectivity index (χ2n) is 9.32. The zero-order valence-electron chi connectivity index (χ0n) is 20.5. The van der Waals surface area contributed by atoms with Gasteiger partial charge in [-0.25, -0.2) is 14.1 Å². The molecular weight excluding hydrogens is 519 g/mol. The summed E-state index contributed by atoms with van der Waals surface area (Å²) in [5.41, 5.74) is -0.648. The van der Waals surface area contributed by atoms with Crippen LogP contribution < -0.4 is 10.3 Å². The van der Waals surface area contributed by atoms with E-state index in [0.29, 0.717) is 11.3 Å². The number of fused-ring (bicyclic) bond motifs is 1. The third-order valence-corrected chi connectivity index (χ3v) is 6.77. The number of benzene rings is 2. The molecule has 1 amide bonds. The molecule has 2 aromatic heterocycles. The molecule has 39 heavy (non-hydrogen) atoms. The third kappa shape index (κ3) is 5.36. The van der Waals surface area contributed by atoms with Gasteiger partial charge >= 0.3 is 6.61 Å². The van der Waals surface area contributed by atoms with E-state index in [1.165, 1.54) is 64.2 Å². The van der Waals surface area contributed by atoms with E-state index in [1.807, 2.05) is 0 Å². The molecule has 0 saturated carbocycles. The second-order valence-corrected chi connectivity index (χ2v) is 9.32. The fourth-order valence-corrected chi connectivity index (χ4v) is 4.63. The molecule has 4 aromatic rings. The molecule has 0 radical (unpaired) electrons. The van der Waals surface area contributed by atoms with Gasteiger partial charge in [-0.1, -0.05) is 0 Å². The zero-order chi connectivity index (χ0) is 27.7. The molecule has 2 N–H and O–H groups in total. The summed E-state index contributed by atoms with van der Waals surface area (Å²) in [6.45, 7) is -3.05. The first-order chi connectivity index (χ1) is 18.7. The highest BCUT2D eigenvalue weighted by Gasteiger charge is 2.35. The Morgan fingerprint density at radius 1 is 1.13 bits per heavy atom. The van der Waals surface area contributed by atoms with Crippen LogP contribution in [-0.4, -0.2) is 65.7 Å². The first kappa shape index (κ1) is 26.4. The van der Waals surface area contributed by atoms with Gasteiger partial charge in [0.25, 0.3) is 11.5 Å². The maximum atomic E-state index is 13.8.